The topological polar surface area (TPSA) is 81.1 Å². The van der Waals surface area contributed by atoms with Crippen molar-refractivity contribution < 1.29 is 9.53 Å². The number of amides is 1. The first kappa shape index (κ1) is 16.8. The number of rotatable bonds is 5. The van der Waals surface area contributed by atoms with Gasteiger partial charge < -0.3 is 9.64 Å². The number of hydrogen-bond donors (Lipinski definition) is 0. The summed E-state index contributed by atoms with van der Waals surface area (Å²) in [7, 11) is 0. The number of carbonyl (C=O) groups is 1. The number of ether oxygens (including phenoxy) is 1. The Bertz CT molecular complexity index is 680. The summed E-state index contributed by atoms with van der Waals surface area (Å²) in [5.74, 6) is 0.587. The van der Waals surface area contributed by atoms with Crippen LogP contribution in [0.4, 0.5) is 0 Å². The summed E-state index contributed by atoms with van der Waals surface area (Å²) in [6, 6.07) is 3.72. The molecule has 0 aromatic carbocycles. The monoisotopic (exact) mass is 347 g/mol. The van der Waals surface area contributed by atoms with Crippen molar-refractivity contribution in [2.24, 2.45) is 0 Å². The van der Waals surface area contributed by atoms with Crippen molar-refractivity contribution in [1.82, 2.24) is 24.7 Å². The summed E-state index contributed by atoms with van der Waals surface area (Å²) in [5.41, 5.74) is 1.68. The Morgan fingerprint density at radius 1 is 1.29 bits per heavy atom. The third-order valence-electron chi connectivity index (χ3n) is 4.03. The fraction of sp³-hybridized carbons (Fsp3) is 0.562. The van der Waals surface area contributed by atoms with Gasteiger partial charge in [0.2, 0.25) is 5.88 Å². The van der Waals surface area contributed by atoms with E-state index in [1.165, 1.54) is 11.5 Å². The first-order chi connectivity index (χ1) is 11.7. The molecule has 0 spiro atoms. The minimum absolute atomic E-state index is 0.0435. The van der Waals surface area contributed by atoms with E-state index in [-0.39, 0.29) is 12.0 Å². The van der Waals surface area contributed by atoms with Crippen LogP contribution in [0.2, 0.25) is 0 Å². The normalized spacial score (nSPS) is 15.5. The van der Waals surface area contributed by atoms with Crippen LogP contribution >= 0.6 is 11.5 Å². The third kappa shape index (κ3) is 3.87. The van der Waals surface area contributed by atoms with Gasteiger partial charge in [0.05, 0.1) is 11.4 Å². The summed E-state index contributed by atoms with van der Waals surface area (Å²) in [4.78, 5) is 15.2. The van der Waals surface area contributed by atoms with E-state index in [1.54, 1.807) is 0 Å². The zero-order chi connectivity index (χ0) is 16.9. The average Bonchev–Trinajstić information content (AvgIpc) is 3.06. The maximum absolute atomic E-state index is 12.7. The van der Waals surface area contributed by atoms with Crippen molar-refractivity contribution in [3.05, 3.63) is 28.4 Å². The molecule has 128 valence electrons. The van der Waals surface area contributed by atoms with Crippen LogP contribution in [0.5, 0.6) is 5.88 Å². The van der Waals surface area contributed by atoms with E-state index in [9.17, 15) is 4.79 Å². The summed E-state index contributed by atoms with van der Waals surface area (Å²) in [5, 5.41) is 12.1. The number of hydrogen-bond acceptors (Lipinski definition) is 7. The maximum Gasteiger partial charge on any atom is 0.267 e. The lowest BCUT2D eigenvalue weighted by Gasteiger charge is -2.31. The van der Waals surface area contributed by atoms with Gasteiger partial charge in [-0.1, -0.05) is 17.8 Å². The minimum atomic E-state index is 0.0435. The van der Waals surface area contributed by atoms with Crippen LogP contribution in [0.25, 0.3) is 0 Å². The largest absolute Gasteiger partial charge is 0.473 e. The van der Waals surface area contributed by atoms with E-state index in [0.29, 0.717) is 23.8 Å². The molecule has 24 heavy (non-hydrogen) atoms. The Morgan fingerprint density at radius 3 is 2.75 bits per heavy atom. The second-order valence-corrected chi connectivity index (χ2v) is 6.68. The molecule has 8 heteroatoms. The highest BCUT2D eigenvalue weighted by Gasteiger charge is 2.27. The van der Waals surface area contributed by atoms with E-state index < -0.39 is 0 Å². The molecule has 0 unspecified atom stereocenters. The van der Waals surface area contributed by atoms with Crippen LogP contribution in [-0.4, -0.2) is 49.8 Å². The number of nitrogens with zero attached hydrogens (tertiary/aromatic N) is 5. The third-order valence-corrected chi connectivity index (χ3v) is 4.78. The van der Waals surface area contributed by atoms with Crippen LogP contribution in [-0.2, 0) is 6.42 Å². The van der Waals surface area contributed by atoms with Gasteiger partial charge in [-0.25, -0.2) is 0 Å². The fourth-order valence-corrected chi connectivity index (χ4v) is 3.39. The Balaban J connectivity index is 1.55. The molecule has 1 aliphatic heterocycles. The first-order valence-corrected chi connectivity index (χ1v) is 9.02. The molecule has 7 nitrogen and oxygen atoms in total. The second-order valence-electron chi connectivity index (χ2n) is 5.92. The van der Waals surface area contributed by atoms with E-state index in [0.717, 1.165) is 37.1 Å². The van der Waals surface area contributed by atoms with Crippen LogP contribution in [0.15, 0.2) is 12.1 Å². The predicted octanol–water partition coefficient (Wildman–Crippen LogP) is 2.27. The molecule has 2 aromatic rings. The standard InChI is InChI=1S/C16H21N5O2S/c1-3-4-13-15(24-20-18-13)16(22)21-9-7-12(8-10-21)23-14-6-5-11(2)17-19-14/h5-6,12H,3-4,7-10H2,1-2H3. The van der Waals surface area contributed by atoms with Crippen LogP contribution in [0, 0.1) is 6.92 Å². The predicted molar refractivity (Wildman–Crippen MR) is 90.2 cm³/mol. The number of aryl methyl sites for hydroxylation is 2. The summed E-state index contributed by atoms with van der Waals surface area (Å²) in [6.07, 6.45) is 3.40. The zero-order valence-corrected chi connectivity index (χ0v) is 14.8. The molecule has 2 aromatic heterocycles. The summed E-state index contributed by atoms with van der Waals surface area (Å²) < 4.78 is 9.80. The molecule has 0 saturated carbocycles. The fourth-order valence-electron chi connectivity index (χ4n) is 2.71. The van der Waals surface area contributed by atoms with E-state index >= 15 is 0 Å². The quantitative estimate of drug-likeness (QED) is 0.825. The minimum Gasteiger partial charge on any atom is -0.473 e. The second kappa shape index (κ2) is 7.65. The van der Waals surface area contributed by atoms with Crippen molar-refractivity contribution in [2.45, 2.75) is 45.6 Å². The smallest absolute Gasteiger partial charge is 0.267 e. The Labute approximate surface area is 145 Å². The maximum atomic E-state index is 12.7. The summed E-state index contributed by atoms with van der Waals surface area (Å²) >= 11 is 1.19. The van der Waals surface area contributed by atoms with Crippen LogP contribution in [0.1, 0.15) is 47.2 Å². The number of piperidine rings is 1. The molecule has 0 N–H and O–H groups in total. The molecule has 1 fully saturated rings. The molecular weight excluding hydrogens is 326 g/mol. The lowest BCUT2D eigenvalue weighted by molar-refractivity contribution is 0.0589. The molecule has 1 amide bonds. The Kier molecular flexibility index (Phi) is 5.34. The van der Waals surface area contributed by atoms with Gasteiger partial charge in [0.25, 0.3) is 5.91 Å². The molecule has 0 aliphatic carbocycles. The van der Waals surface area contributed by atoms with Gasteiger partial charge in [-0.15, -0.1) is 10.2 Å². The molecule has 3 rings (SSSR count). The SMILES string of the molecule is CCCc1nnsc1C(=O)N1CCC(Oc2ccc(C)nn2)CC1. The van der Waals surface area contributed by atoms with Gasteiger partial charge in [0.1, 0.15) is 11.0 Å². The molecule has 0 bridgehead atoms. The molecule has 0 atom stereocenters. The first-order valence-electron chi connectivity index (χ1n) is 8.25. The number of carbonyl (C=O) groups excluding carboxylic acids is 1. The van der Waals surface area contributed by atoms with Crippen molar-refractivity contribution in [3.8, 4) is 5.88 Å². The number of likely N-dealkylation sites (tertiary alicyclic amines) is 1. The Hall–Kier alpha value is -2.09. The van der Waals surface area contributed by atoms with Crippen LogP contribution < -0.4 is 4.74 Å². The van der Waals surface area contributed by atoms with Crippen molar-refractivity contribution >= 4 is 17.4 Å². The zero-order valence-electron chi connectivity index (χ0n) is 13.9. The average molecular weight is 347 g/mol. The highest BCUT2D eigenvalue weighted by molar-refractivity contribution is 7.08. The summed E-state index contributed by atoms with van der Waals surface area (Å²) in [6.45, 7) is 5.31. The molecule has 3 heterocycles. The highest BCUT2D eigenvalue weighted by Crippen LogP contribution is 2.21. The molecule has 1 aliphatic rings. The molecular formula is C16H21N5O2S. The van der Waals surface area contributed by atoms with E-state index in [1.807, 2.05) is 24.0 Å². The molecule has 1 saturated heterocycles. The van der Waals surface area contributed by atoms with E-state index in [4.69, 9.17) is 4.74 Å². The molecule has 0 radical (unpaired) electrons. The van der Waals surface area contributed by atoms with Gasteiger partial charge >= 0.3 is 0 Å². The highest BCUT2D eigenvalue weighted by atomic mass is 32.1. The number of aromatic nitrogens is 4. The van der Waals surface area contributed by atoms with Gasteiger partial charge in [0, 0.05) is 32.0 Å². The Morgan fingerprint density at radius 2 is 2.08 bits per heavy atom. The van der Waals surface area contributed by atoms with Gasteiger partial charge in [-0.3, -0.25) is 4.79 Å². The lowest BCUT2D eigenvalue weighted by atomic mass is 10.1. The van der Waals surface area contributed by atoms with Gasteiger partial charge in [-0.05, 0) is 30.9 Å². The van der Waals surface area contributed by atoms with Crippen molar-refractivity contribution in [3.63, 3.8) is 0 Å². The van der Waals surface area contributed by atoms with Crippen LogP contribution in [0.3, 0.4) is 0 Å². The van der Waals surface area contributed by atoms with E-state index in [2.05, 4.69) is 26.7 Å². The lowest BCUT2D eigenvalue weighted by Crippen LogP contribution is -2.41. The van der Waals surface area contributed by atoms with Gasteiger partial charge in [-0.2, -0.15) is 5.10 Å². The van der Waals surface area contributed by atoms with Crippen molar-refractivity contribution in [1.29, 1.82) is 0 Å². The van der Waals surface area contributed by atoms with Crippen molar-refractivity contribution in [2.75, 3.05) is 13.1 Å². The van der Waals surface area contributed by atoms with Gasteiger partial charge in [0.15, 0.2) is 0 Å².